The van der Waals surface area contributed by atoms with E-state index in [0.29, 0.717) is 13.0 Å². The first-order valence-corrected chi connectivity index (χ1v) is 8.80. The van der Waals surface area contributed by atoms with Crippen LogP contribution in [0, 0.1) is 5.92 Å². The van der Waals surface area contributed by atoms with Crippen LogP contribution < -0.4 is 5.32 Å². The summed E-state index contributed by atoms with van der Waals surface area (Å²) < 4.78 is 5.43. The number of benzene rings is 1. The number of hydrogen-bond acceptors (Lipinski definition) is 3. The number of nitrogens with one attached hydrogen (secondary N) is 1. The Morgan fingerprint density at radius 1 is 1.08 bits per heavy atom. The van der Waals surface area contributed by atoms with Crippen LogP contribution in [0.1, 0.15) is 44.1 Å². The maximum absolute atomic E-state index is 12.1. The third kappa shape index (κ3) is 6.32. The molecule has 0 heterocycles. The molecule has 2 rings (SSSR count). The first-order valence-electron chi connectivity index (χ1n) is 8.80. The lowest BCUT2D eigenvalue weighted by Gasteiger charge is -2.27. The molecule has 1 aliphatic carbocycles. The highest BCUT2D eigenvalue weighted by Crippen LogP contribution is 2.23. The molecule has 1 aromatic rings. The van der Waals surface area contributed by atoms with Crippen molar-refractivity contribution in [2.24, 2.45) is 5.92 Å². The van der Waals surface area contributed by atoms with Gasteiger partial charge in [-0.1, -0.05) is 56.0 Å². The number of ether oxygens (including phenoxy) is 1. The Bertz CT molecular complexity index is 517. The van der Waals surface area contributed by atoms with Crippen molar-refractivity contribution in [2.45, 2.75) is 51.0 Å². The van der Waals surface area contributed by atoms with Crippen LogP contribution in [-0.2, 0) is 20.7 Å². The average molecular weight is 333 g/mol. The molecule has 1 saturated carbocycles. The van der Waals surface area contributed by atoms with Gasteiger partial charge in [0.15, 0.2) is 0 Å². The number of carbonyl (C=O) groups is 2. The van der Waals surface area contributed by atoms with E-state index in [1.54, 1.807) is 0 Å². The van der Waals surface area contributed by atoms with Crippen molar-refractivity contribution in [2.75, 3.05) is 13.2 Å². The highest BCUT2D eigenvalue weighted by molar-refractivity contribution is 5.79. The highest BCUT2D eigenvalue weighted by Gasteiger charge is 2.29. The lowest BCUT2D eigenvalue weighted by molar-refractivity contribution is -0.143. The summed E-state index contributed by atoms with van der Waals surface area (Å²) in [4.78, 5) is 23.5. The summed E-state index contributed by atoms with van der Waals surface area (Å²) >= 11 is 0. The molecule has 2 atom stereocenters. The monoisotopic (exact) mass is 333 g/mol. The van der Waals surface area contributed by atoms with Crippen molar-refractivity contribution in [3.63, 3.8) is 0 Å². The molecule has 2 N–H and O–H groups in total. The van der Waals surface area contributed by atoms with Crippen LogP contribution in [0.4, 0.5) is 0 Å². The Hall–Kier alpha value is -1.88. The quantitative estimate of drug-likeness (QED) is 0.752. The molecule has 0 bridgehead atoms. The number of aliphatic carboxylic acids is 1. The lowest BCUT2D eigenvalue weighted by atomic mass is 9.87. The zero-order valence-electron chi connectivity index (χ0n) is 14.1. The van der Waals surface area contributed by atoms with Crippen LogP contribution in [-0.4, -0.2) is 36.2 Å². The third-order valence-corrected chi connectivity index (χ3v) is 4.54. The second-order valence-corrected chi connectivity index (χ2v) is 6.40. The van der Waals surface area contributed by atoms with Gasteiger partial charge in [0.2, 0.25) is 5.91 Å². The topological polar surface area (TPSA) is 75.6 Å². The smallest absolute Gasteiger partial charge is 0.308 e. The van der Waals surface area contributed by atoms with Gasteiger partial charge < -0.3 is 15.2 Å². The van der Waals surface area contributed by atoms with Crippen LogP contribution in [0.15, 0.2) is 30.3 Å². The Balaban J connectivity index is 1.73. The Morgan fingerprint density at radius 3 is 2.50 bits per heavy atom. The van der Waals surface area contributed by atoms with Crippen molar-refractivity contribution in [1.29, 1.82) is 0 Å². The molecule has 1 amide bonds. The van der Waals surface area contributed by atoms with E-state index in [4.69, 9.17) is 4.74 Å². The molecular weight excluding hydrogens is 306 g/mol. The number of rotatable bonds is 7. The number of amides is 1. The summed E-state index contributed by atoms with van der Waals surface area (Å²) in [5.41, 5.74) is 1.17. The van der Waals surface area contributed by atoms with Crippen LogP contribution >= 0.6 is 0 Å². The van der Waals surface area contributed by atoms with Gasteiger partial charge in [0, 0.05) is 6.04 Å². The van der Waals surface area contributed by atoms with Crippen molar-refractivity contribution < 1.29 is 19.4 Å². The lowest BCUT2D eigenvalue weighted by Crippen LogP contribution is -2.45. The minimum Gasteiger partial charge on any atom is -0.481 e. The number of hydrogen-bond donors (Lipinski definition) is 2. The second-order valence-electron chi connectivity index (χ2n) is 6.40. The minimum absolute atomic E-state index is 0.0182. The van der Waals surface area contributed by atoms with Crippen LogP contribution in [0.3, 0.4) is 0 Å². The molecule has 24 heavy (non-hydrogen) atoms. The van der Waals surface area contributed by atoms with E-state index in [-0.39, 0.29) is 18.6 Å². The molecule has 1 fully saturated rings. The molecule has 0 saturated heterocycles. The molecule has 1 aromatic carbocycles. The van der Waals surface area contributed by atoms with Crippen LogP contribution in [0.2, 0.25) is 0 Å². The normalized spacial score (nSPS) is 21.5. The van der Waals surface area contributed by atoms with E-state index in [0.717, 1.165) is 38.5 Å². The zero-order chi connectivity index (χ0) is 17.2. The highest BCUT2D eigenvalue weighted by atomic mass is 16.5. The van der Waals surface area contributed by atoms with Gasteiger partial charge in [-0.25, -0.2) is 0 Å². The maximum Gasteiger partial charge on any atom is 0.308 e. The van der Waals surface area contributed by atoms with Gasteiger partial charge in [-0.15, -0.1) is 0 Å². The SMILES string of the molecule is O=C(COCCc1ccccc1)NC1CCCCCCC1C(=O)O. The molecule has 0 aromatic heterocycles. The Labute approximate surface area is 143 Å². The van der Waals surface area contributed by atoms with E-state index in [2.05, 4.69) is 5.32 Å². The van der Waals surface area contributed by atoms with Crippen molar-refractivity contribution in [3.8, 4) is 0 Å². The van der Waals surface area contributed by atoms with Gasteiger partial charge in [-0.2, -0.15) is 0 Å². The maximum atomic E-state index is 12.1. The van der Waals surface area contributed by atoms with Crippen LogP contribution in [0.25, 0.3) is 0 Å². The summed E-state index contributed by atoms with van der Waals surface area (Å²) in [5.74, 6) is -1.52. The molecule has 5 heteroatoms. The minimum atomic E-state index is -0.813. The summed E-state index contributed by atoms with van der Waals surface area (Å²) in [7, 11) is 0. The average Bonchev–Trinajstić information content (AvgIpc) is 2.55. The predicted molar refractivity (Wildman–Crippen MR) is 91.7 cm³/mol. The molecule has 5 nitrogen and oxygen atoms in total. The van der Waals surface area contributed by atoms with E-state index in [1.807, 2.05) is 30.3 Å². The summed E-state index contributed by atoms with van der Waals surface area (Å²) in [6.07, 6.45) is 6.18. The number of carbonyl (C=O) groups excluding carboxylic acids is 1. The summed E-state index contributed by atoms with van der Waals surface area (Å²) in [6.45, 7) is 0.458. The van der Waals surface area contributed by atoms with Crippen molar-refractivity contribution in [1.82, 2.24) is 5.32 Å². The molecule has 1 aliphatic rings. The Morgan fingerprint density at radius 2 is 1.79 bits per heavy atom. The van der Waals surface area contributed by atoms with Gasteiger partial charge in [-0.3, -0.25) is 9.59 Å². The van der Waals surface area contributed by atoms with E-state index in [1.165, 1.54) is 5.56 Å². The Kier molecular flexibility index (Phi) is 7.75. The standard InChI is InChI=1S/C19H27NO4/c21-18(14-24-13-12-15-8-4-3-5-9-15)20-17-11-7-2-1-6-10-16(17)19(22)23/h3-5,8-9,16-17H,1-2,6-7,10-14H2,(H,20,21)(H,22,23). The number of carboxylic acid groups (broad SMARTS) is 1. The third-order valence-electron chi connectivity index (χ3n) is 4.54. The van der Waals surface area contributed by atoms with E-state index < -0.39 is 11.9 Å². The van der Waals surface area contributed by atoms with Crippen molar-refractivity contribution in [3.05, 3.63) is 35.9 Å². The summed E-state index contributed by atoms with van der Waals surface area (Å²) in [6, 6.07) is 9.68. The van der Waals surface area contributed by atoms with Crippen molar-refractivity contribution >= 4 is 11.9 Å². The van der Waals surface area contributed by atoms with Crippen LogP contribution in [0.5, 0.6) is 0 Å². The molecule has 0 radical (unpaired) electrons. The van der Waals surface area contributed by atoms with E-state index >= 15 is 0 Å². The second kappa shape index (κ2) is 10.1. The first-order chi connectivity index (χ1) is 11.7. The van der Waals surface area contributed by atoms with E-state index in [9.17, 15) is 14.7 Å². The van der Waals surface area contributed by atoms with Gasteiger partial charge in [0.05, 0.1) is 12.5 Å². The first kappa shape index (κ1) is 18.5. The molecule has 0 aliphatic heterocycles. The molecular formula is C19H27NO4. The van der Waals surface area contributed by atoms with Gasteiger partial charge in [0.25, 0.3) is 0 Å². The molecule has 132 valence electrons. The largest absolute Gasteiger partial charge is 0.481 e. The van der Waals surface area contributed by atoms with Gasteiger partial charge in [0.1, 0.15) is 6.61 Å². The van der Waals surface area contributed by atoms with Gasteiger partial charge >= 0.3 is 5.97 Å². The van der Waals surface area contributed by atoms with Gasteiger partial charge in [-0.05, 0) is 24.8 Å². The zero-order valence-corrected chi connectivity index (χ0v) is 14.1. The fourth-order valence-corrected chi connectivity index (χ4v) is 3.20. The molecule has 0 spiro atoms. The fourth-order valence-electron chi connectivity index (χ4n) is 3.20. The fraction of sp³-hybridized carbons (Fsp3) is 0.579. The molecule has 2 unspecified atom stereocenters. The number of carboxylic acids is 1. The predicted octanol–water partition coefficient (Wildman–Crippen LogP) is 2.79. The summed E-state index contributed by atoms with van der Waals surface area (Å²) in [5, 5.41) is 12.3.